The molecule has 0 aliphatic rings. The van der Waals surface area contributed by atoms with E-state index in [0.29, 0.717) is 18.5 Å². The number of nitrogens with zero attached hydrogens (tertiary/aromatic N) is 1. The topological polar surface area (TPSA) is 113 Å². The Balaban J connectivity index is 1.97. The van der Waals surface area contributed by atoms with Gasteiger partial charge in [0.25, 0.3) is 0 Å². The van der Waals surface area contributed by atoms with Crippen LogP contribution in [-0.2, 0) is 11.2 Å². The number of ketones is 1. The van der Waals surface area contributed by atoms with Gasteiger partial charge in [-0.2, -0.15) is 0 Å². The molecule has 0 saturated heterocycles. The summed E-state index contributed by atoms with van der Waals surface area (Å²) in [5, 5.41) is 7.17. The minimum atomic E-state index is -0.340. The SMILES string of the molecule is CCCC/C(N)=C/N(N)c1ccc(NC(=O)Nc2cc(CCC(C)=O)ccc2C)cc1. The molecule has 0 aliphatic heterocycles. The molecule has 0 bridgehead atoms. The number of allylic oxidation sites excluding steroid dienone is 1. The van der Waals surface area contributed by atoms with Crippen LogP contribution in [0, 0.1) is 6.92 Å². The molecule has 7 heteroatoms. The predicted octanol–water partition coefficient (Wildman–Crippen LogP) is 4.83. The molecule has 0 saturated carbocycles. The second kappa shape index (κ2) is 11.8. The zero-order valence-corrected chi connectivity index (χ0v) is 18.6. The average Bonchev–Trinajstić information content (AvgIpc) is 2.73. The quantitative estimate of drug-likeness (QED) is 0.323. The van der Waals surface area contributed by atoms with Crippen molar-refractivity contribution in [3.63, 3.8) is 0 Å². The Bertz CT molecular complexity index is 922. The third-order valence-electron chi connectivity index (χ3n) is 4.86. The summed E-state index contributed by atoms with van der Waals surface area (Å²) in [5.41, 5.74) is 10.8. The number of nitrogens with one attached hydrogen (secondary N) is 2. The van der Waals surface area contributed by atoms with Crippen LogP contribution in [-0.4, -0.2) is 11.8 Å². The van der Waals surface area contributed by atoms with Crippen molar-refractivity contribution in [2.45, 2.75) is 52.9 Å². The summed E-state index contributed by atoms with van der Waals surface area (Å²) in [6, 6.07) is 12.7. The van der Waals surface area contributed by atoms with Crippen LogP contribution >= 0.6 is 0 Å². The van der Waals surface area contributed by atoms with E-state index in [2.05, 4.69) is 17.6 Å². The highest BCUT2D eigenvalue weighted by Gasteiger charge is 2.08. The van der Waals surface area contributed by atoms with E-state index >= 15 is 0 Å². The van der Waals surface area contributed by atoms with Gasteiger partial charge >= 0.3 is 6.03 Å². The second-order valence-electron chi connectivity index (χ2n) is 7.69. The van der Waals surface area contributed by atoms with Gasteiger partial charge in [-0.05, 0) is 74.6 Å². The number of rotatable bonds is 10. The number of urea groups is 1. The number of anilines is 3. The first-order valence-electron chi connectivity index (χ1n) is 10.6. The number of benzene rings is 2. The number of hydrogen-bond acceptors (Lipinski definition) is 5. The number of aryl methyl sites for hydroxylation is 2. The maximum Gasteiger partial charge on any atom is 0.323 e. The first kappa shape index (κ1) is 24.0. The highest BCUT2D eigenvalue weighted by molar-refractivity contribution is 6.00. The molecule has 0 atom stereocenters. The first-order chi connectivity index (χ1) is 14.8. The van der Waals surface area contributed by atoms with E-state index in [-0.39, 0.29) is 11.8 Å². The average molecular weight is 424 g/mol. The van der Waals surface area contributed by atoms with Gasteiger partial charge in [0.2, 0.25) is 0 Å². The largest absolute Gasteiger partial charge is 0.401 e. The van der Waals surface area contributed by atoms with E-state index in [1.54, 1.807) is 25.3 Å². The summed E-state index contributed by atoms with van der Waals surface area (Å²) in [4.78, 5) is 23.6. The van der Waals surface area contributed by atoms with E-state index in [1.807, 2.05) is 37.3 Å². The van der Waals surface area contributed by atoms with Gasteiger partial charge in [0.15, 0.2) is 0 Å². The number of amides is 2. The summed E-state index contributed by atoms with van der Waals surface area (Å²) in [6.45, 7) is 5.62. The summed E-state index contributed by atoms with van der Waals surface area (Å²) < 4.78 is 0. The molecular formula is C24H33N5O2. The molecule has 0 unspecified atom stereocenters. The molecule has 0 fully saturated rings. The van der Waals surface area contributed by atoms with Crippen LogP contribution in [0.3, 0.4) is 0 Å². The van der Waals surface area contributed by atoms with Gasteiger partial charge in [0.1, 0.15) is 5.78 Å². The minimum Gasteiger partial charge on any atom is -0.401 e. The number of nitrogens with two attached hydrogens (primary N) is 2. The van der Waals surface area contributed by atoms with Gasteiger partial charge < -0.3 is 21.2 Å². The van der Waals surface area contributed by atoms with Crippen molar-refractivity contribution in [3.05, 3.63) is 65.5 Å². The molecule has 0 spiro atoms. The second-order valence-corrected chi connectivity index (χ2v) is 7.69. The molecule has 2 amide bonds. The number of hydrogen-bond donors (Lipinski definition) is 4. The third-order valence-corrected chi connectivity index (χ3v) is 4.86. The van der Waals surface area contributed by atoms with Gasteiger partial charge in [0, 0.05) is 29.7 Å². The number of carbonyl (C=O) groups is 2. The first-order valence-corrected chi connectivity index (χ1v) is 10.6. The Labute approximate surface area is 184 Å². The van der Waals surface area contributed by atoms with Crippen molar-refractivity contribution in [1.29, 1.82) is 0 Å². The molecular weight excluding hydrogens is 390 g/mol. The fourth-order valence-electron chi connectivity index (χ4n) is 2.98. The Hall–Kier alpha value is -3.32. The smallest absolute Gasteiger partial charge is 0.323 e. The van der Waals surface area contributed by atoms with Crippen molar-refractivity contribution in [3.8, 4) is 0 Å². The van der Waals surface area contributed by atoms with Crippen LogP contribution in [0.15, 0.2) is 54.4 Å². The van der Waals surface area contributed by atoms with Gasteiger partial charge in [0.05, 0.1) is 5.69 Å². The molecule has 2 aromatic carbocycles. The summed E-state index contributed by atoms with van der Waals surface area (Å²) in [5.74, 6) is 6.20. The van der Waals surface area contributed by atoms with Gasteiger partial charge in [-0.3, -0.25) is 5.01 Å². The van der Waals surface area contributed by atoms with Crippen molar-refractivity contribution < 1.29 is 9.59 Å². The molecule has 7 nitrogen and oxygen atoms in total. The standard InChI is InChI=1S/C24H33N5O2/c1-4-5-6-20(25)16-29(26)22-13-11-21(12-14-22)27-24(31)28-23-15-19(9-7-17(23)2)10-8-18(3)30/h7,9,11-16H,4-6,8,10,25-26H2,1-3H3,(H2,27,28,31)/b20-16-. The highest BCUT2D eigenvalue weighted by Crippen LogP contribution is 2.20. The summed E-state index contributed by atoms with van der Waals surface area (Å²) >= 11 is 0. The van der Waals surface area contributed by atoms with Crippen molar-refractivity contribution in [1.82, 2.24) is 0 Å². The fourth-order valence-corrected chi connectivity index (χ4v) is 2.98. The van der Waals surface area contributed by atoms with E-state index < -0.39 is 0 Å². The van der Waals surface area contributed by atoms with Crippen molar-refractivity contribution in [2.75, 3.05) is 15.6 Å². The predicted molar refractivity (Wildman–Crippen MR) is 128 cm³/mol. The van der Waals surface area contributed by atoms with Crippen LogP contribution in [0.2, 0.25) is 0 Å². The van der Waals surface area contributed by atoms with Gasteiger partial charge in [-0.1, -0.05) is 25.5 Å². The normalized spacial score (nSPS) is 11.2. The lowest BCUT2D eigenvalue weighted by atomic mass is 10.0. The number of carbonyl (C=O) groups excluding carboxylic acids is 2. The van der Waals surface area contributed by atoms with Crippen molar-refractivity contribution in [2.24, 2.45) is 11.6 Å². The monoisotopic (exact) mass is 423 g/mol. The lowest BCUT2D eigenvalue weighted by molar-refractivity contribution is -0.116. The molecule has 6 N–H and O–H groups in total. The van der Waals surface area contributed by atoms with E-state index in [4.69, 9.17) is 11.6 Å². The van der Waals surface area contributed by atoms with Crippen LogP contribution in [0.4, 0.5) is 21.9 Å². The summed E-state index contributed by atoms with van der Waals surface area (Å²) in [6.07, 6.45) is 5.75. The van der Waals surface area contributed by atoms with Crippen molar-refractivity contribution >= 4 is 28.9 Å². The lowest BCUT2D eigenvalue weighted by Crippen LogP contribution is -2.26. The molecule has 166 valence electrons. The van der Waals surface area contributed by atoms with Crippen LogP contribution < -0.4 is 27.2 Å². The zero-order chi connectivity index (χ0) is 22.8. The molecule has 0 radical (unpaired) electrons. The molecule has 2 aromatic rings. The van der Waals surface area contributed by atoms with E-state index in [9.17, 15) is 9.59 Å². The van der Waals surface area contributed by atoms with Crippen LogP contribution in [0.5, 0.6) is 0 Å². The van der Waals surface area contributed by atoms with Crippen LogP contribution in [0.25, 0.3) is 0 Å². The maximum absolute atomic E-state index is 12.4. The number of unbranched alkanes of at least 4 members (excludes halogenated alkanes) is 1. The van der Waals surface area contributed by atoms with E-state index in [1.165, 1.54) is 5.01 Å². The Kier molecular flexibility index (Phi) is 9.09. The maximum atomic E-state index is 12.4. The lowest BCUT2D eigenvalue weighted by Gasteiger charge is -2.16. The molecule has 31 heavy (non-hydrogen) atoms. The van der Waals surface area contributed by atoms with Crippen LogP contribution in [0.1, 0.15) is 50.7 Å². The van der Waals surface area contributed by atoms with E-state index in [0.717, 1.165) is 47.5 Å². The van der Waals surface area contributed by atoms with Gasteiger partial charge in [-0.25, -0.2) is 10.6 Å². The molecule has 2 rings (SSSR count). The van der Waals surface area contributed by atoms with Gasteiger partial charge in [-0.15, -0.1) is 0 Å². The number of Topliss-reactive ketones (excluding diaryl/α,β-unsaturated/α-hetero) is 1. The third kappa shape index (κ3) is 8.14. The Morgan fingerprint density at radius 1 is 1.06 bits per heavy atom. The Morgan fingerprint density at radius 3 is 2.42 bits per heavy atom. The zero-order valence-electron chi connectivity index (χ0n) is 18.6. The highest BCUT2D eigenvalue weighted by atomic mass is 16.2. The molecule has 0 heterocycles. The Morgan fingerprint density at radius 2 is 1.77 bits per heavy atom. The fraction of sp³-hybridized carbons (Fsp3) is 0.333. The minimum absolute atomic E-state index is 0.145. The summed E-state index contributed by atoms with van der Waals surface area (Å²) in [7, 11) is 0. The molecule has 0 aromatic heterocycles. The molecule has 0 aliphatic carbocycles. The number of hydrazine groups is 1.